The molecule has 2 aliphatic rings. The molecule has 4 rings (SSSR count). The number of nitrogens with zero attached hydrogens (tertiary/aromatic N) is 3. The molecule has 3 atom stereocenters. The van der Waals surface area contributed by atoms with Crippen LogP contribution in [0.3, 0.4) is 0 Å². The molecule has 38 heavy (non-hydrogen) atoms. The van der Waals surface area contributed by atoms with Crippen molar-refractivity contribution in [2.24, 2.45) is 0 Å². The molecule has 2 fully saturated rings. The third-order valence-corrected chi connectivity index (χ3v) is 8.79. The maximum absolute atomic E-state index is 13.6. The maximum Gasteiger partial charge on any atom is 0.310 e. The SMILES string of the molecule is CCCC(NC(=O)c1ccc(C(C)C)cc1)C(=O)N1CCC2C1C(=O)CN2S(=O)(=O)C(=O)c1ccccn1. The summed E-state index contributed by atoms with van der Waals surface area (Å²) < 4.78 is 27.1. The Kier molecular flexibility index (Phi) is 8.08. The van der Waals surface area contributed by atoms with Gasteiger partial charge >= 0.3 is 5.12 Å². The molecule has 0 aliphatic carbocycles. The van der Waals surface area contributed by atoms with Gasteiger partial charge in [-0.25, -0.2) is 8.42 Å². The highest BCUT2D eigenvalue weighted by Gasteiger charge is 2.55. The third-order valence-electron chi connectivity index (χ3n) is 7.10. The lowest BCUT2D eigenvalue weighted by Gasteiger charge is -2.28. The molecule has 10 nitrogen and oxygen atoms in total. The highest BCUT2D eigenvalue weighted by molar-refractivity contribution is 8.04. The quantitative estimate of drug-likeness (QED) is 0.542. The van der Waals surface area contributed by atoms with Crippen LogP contribution in [0, 0.1) is 0 Å². The lowest BCUT2D eigenvalue weighted by molar-refractivity contribution is -0.138. The summed E-state index contributed by atoms with van der Waals surface area (Å²) in [6.45, 7) is 5.64. The number of likely N-dealkylation sites (tertiary alicyclic amines) is 1. The standard InChI is InChI=1S/C27H32N4O6S/c1-4-7-20(29-25(33)19-11-9-18(10-12-19)17(2)3)26(34)30-15-13-22-24(30)23(32)16-31(22)38(36,37)27(35)21-8-5-6-14-28-21/h5-6,8-12,14,17,20,22,24H,4,7,13,15-16H2,1-3H3,(H,29,33). The minimum Gasteiger partial charge on any atom is -0.340 e. The van der Waals surface area contributed by atoms with E-state index in [9.17, 15) is 27.6 Å². The Bertz CT molecular complexity index is 1330. The van der Waals surface area contributed by atoms with Gasteiger partial charge in [-0.15, -0.1) is 0 Å². The van der Waals surface area contributed by atoms with Gasteiger partial charge in [0.15, 0.2) is 5.78 Å². The molecule has 2 amide bonds. The number of benzene rings is 1. The minimum absolute atomic E-state index is 0.142. The predicted molar refractivity (Wildman–Crippen MR) is 140 cm³/mol. The van der Waals surface area contributed by atoms with Crippen molar-refractivity contribution in [3.63, 3.8) is 0 Å². The lowest BCUT2D eigenvalue weighted by atomic mass is 10.0. The van der Waals surface area contributed by atoms with Gasteiger partial charge in [0, 0.05) is 18.3 Å². The first-order valence-corrected chi connectivity index (χ1v) is 14.2. The van der Waals surface area contributed by atoms with E-state index in [4.69, 9.17) is 0 Å². The second-order valence-electron chi connectivity index (χ2n) is 9.94. The fraction of sp³-hybridized carbons (Fsp3) is 0.444. The van der Waals surface area contributed by atoms with Crippen molar-refractivity contribution in [2.75, 3.05) is 13.1 Å². The molecule has 11 heteroatoms. The van der Waals surface area contributed by atoms with E-state index in [1.54, 1.807) is 18.2 Å². The summed E-state index contributed by atoms with van der Waals surface area (Å²) in [5, 5.41) is 1.62. The van der Waals surface area contributed by atoms with E-state index >= 15 is 0 Å². The van der Waals surface area contributed by atoms with Crippen molar-refractivity contribution in [1.82, 2.24) is 19.5 Å². The summed E-state index contributed by atoms with van der Waals surface area (Å²) in [5.41, 5.74) is 1.28. The number of pyridine rings is 1. The van der Waals surface area contributed by atoms with E-state index < -0.39 is 57.4 Å². The summed E-state index contributed by atoms with van der Waals surface area (Å²) in [4.78, 5) is 57.4. The average Bonchev–Trinajstić information content (AvgIpc) is 3.49. The summed E-state index contributed by atoms with van der Waals surface area (Å²) in [6, 6.07) is 8.83. The molecule has 1 aromatic carbocycles. The highest BCUT2D eigenvalue weighted by atomic mass is 32.2. The zero-order valence-electron chi connectivity index (χ0n) is 21.7. The van der Waals surface area contributed by atoms with Crippen LogP contribution in [0.15, 0.2) is 48.7 Å². The highest BCUT2D eigenvalue weighted by Crippen LogP contribution is 2.33. The molecule has 0 bridgehead atoms. The zero-order chi connectivity index (χ0) is 27.6. The van der Waals surface area contributed by atoms with Gasteiger partial charge in [-0.2, -0.15) is 4.31 Å². The van der Waals surface area contributed by atoms with Crippen molar-refractivity contribution < 1.29 is 27.6 Å². The summed E-state index contributed by atoms with van der Waals surface area (Å²) in [7, 11) is -4.52. The number of fused-ring (bicyclic) bond motifs is 1. The number of carbonyl (C=O) groups excluding carboxylic acids is 4. The first-order valence-electron chi connectivity index (χ1n) is 12.8. The van der Waals surface area contributed by atoms with Crippen LogP contribution >= 0.6 is 0 Å². The van der Waals surface area contributed by atoms with Crippen molar-refractivity contribution in [2.45, 2.75) is 64.1 Å². The summed E-state index contributed by atoms with van der Waals surface area (Å²) in [6.07, 6.45) is 2.49. The fourth-order valence-corrected chi connectivity index (χ4v) is 6.54. The van der Waals surface area contributed by atoms with Gasteiger partial charge in [0.2, 0.25) is 5.91 Å². The first kappa shape index (κ1) is 27.6. The topological polar surface area (TPSA) is 134 Å². The van der Waals surface area contributed by atoms with Gasteiger partial charge in [-0.05, 0) is 48.6 Å². The van der Waals surface area contributed by atoms with E-state index in [-0.39, 0.29) is 18.7 Å². The Balaban J connectivity index is 1.50. The van der Waals surface area contributed by atoms with Gasteiger partial charge in [-0.3, -0.25) is 24.2 Å². The minimum atomic E-state index is -4.52. The molecule has 1 N–H and O–H groups in total. The van der Waals surface area contributed by atoms with Gasteiger partial charge < -0.3 is 10.2 Å². The Morgan fingerprint density at radius 1 is 1.11 bits per heavy atom. The Hall–Kier alpha value is -3.44. The molecule has 202 valence electrons. The fourth-order valence-electron chi connectivity index (χ4n) is 5.07. The molecular weight excluding hydrogens is 508 g/mol. The zero-order valence-corrected chi connectivity index (χ0v) is 22.5. The van der Waals surface area contributed by atoms with E-state index in [0.717, 1.165) is 9.87 Å². The van der Waals surface area contributed by atoms with Crippen LogP contribution in [-0.4, -0.2) is 76.5 Å². The van der Waals surface area contributed by atoms with Gasteiger partial charge in [-0.1, -0.05) is 45.4 Å². The number of aromatic nitrogens is 1. The molecular formula is C27H32N4O6S. The lowest BCUT2D eigenvalue weighted by Crippen LogP contribution is -2.52. The Morgan fingerprint density at radius 2 is 1.82 bits per heavy atom. The number of hydrogen-bond acceptors (Lipinski definition) is 7. The number of nitrogens with one attached hydrogen (secondary N) is 1. The van der Waals surface area contributed by atoms with E-state index in [2.05, 4.69) is 24.1 Å². The Morgan fingerprint density at radius 3 is 2.42 bits per heavy atom. The number of carbonyl (C=O) groups is 4. The third kappa shape index (κ3) is 5.25. The summed E-state index contributed by atoms with van der Waals surface area (Å²) in [5.74, 6) is -0.971. The number of ketones is 1. The molecule has 0 saturated carbocycles. The van der Waals surface area contributed by atoms with Gasteiger partial charge in [0.1, 0.15) is 17.8 Å². The van der Waals surface area contributed by atoms with Crippen LogP contribution in [0.2, 0.25) is 0 Å². The number of hydrogen-bond donors (Lipinski definition) is 1. The van der Waals surface area contributed by atoms with Gasteiger partial charge in [0.05, 0.1) is 12.6 Å². The monoisotopic (exact) mass is 540 g/mol. The number of Topliss-reactive ketones (excluding diaryl/α,β-unsaturated/α-hetero) is 1. The summed E-state index contributed by atoms with van der Waals surface area (Å²) >= 11 is 0. The predicted octanol–water partition coefficient (Wildman–Crippen LogP) is 2.13. The normalized spacial score (nSPS) is 20.4. The maximum atomic E-state index is 13.6. The van der Waals surface area contributed by atoms with Crippen LogP contribution in [0.25, 0.3) is 0 Å². The van der Waals surface area contributed by atoms with E-state index in [1.807, 2.05) is 19.1 Å². The average molecular weight is 541 g/mol. The number of amides is 2. The molecule has 2 saturated heterocycles. The molecule has 3 unspecified atom stereocenters. The molecule has 0 spiro atoms. The molecule has 2 aromatic rings. The Labute approximate surface area is 222 Å². The van der Waals surface area contributed by atoms with Crippen LogP contribution < -0.4 is 5.32 Å². The van der Waals surface area contributed by atoms with Crippen LogP contribution in [0.1, 0.15) is 72.4 Å². The molecule has 3 heterocycles. The smallest absolute Gasteiger partial charge is 0.310 e. The number of sulfonamides is 1. The second-order valence-corrected chi connectivity index (χ2v) is 11.7. The van der Waals surface area contributed by atoms with Crippen molar-refractivity contribution in [3.8, 4) is 0 Å². The van der Waals surface area contributed by atoms with Gasteiger partial charge in [0.25, 0.3) is 15.9 Å². The van der Waals surface area contributed by atoms with Crippen LogP contribution in [-0.2, 0) is 19.6 Å². The van der Waals surface area contributed by atoms with Crippen LogP contribution in [0.5, 0.6) is 0 Å². The van der Waals surface area contributed by atoms with Crippen molar-refractivity contribution >= 4 is 32.7 Å². The van der Waals surface area contributed by atoms with Crippen molar-refractivity contribution in [1.29, 1.82) is 0 Å². The second kappa shape index (κ2) is 11.1. The van der Waals surface area contributed by atoms with Crippen molar-refractivity contribution in [3.05, 3.63) is 65.5 Å². The largest absolute Gasteiger partial charge is 0.340 e. The molecule has 1 aromatic heterocycles. The van der Waals surface area contributed by atoms with Crippen LogP contribution in [0.4, 0.5) is 0 Å². The first-order chi connectivity index (χ1) is 18.1. The van der Waals surface area contributed by atoms with E-state index in [1.165, 1.54) is 23.2 Å². The van der Waals surface area contributed by atoms with E-state index in [0.29, 0.717) is 24.3 Å². The number of rotatable bonds is 8. The molecule has 2 aliphatic heterocycles. The molecule has 0 radical (unpaired) electrons.